The van der Waals surface area contributed by atoms with Gasteiger partial charge in [0, 0.05) is 26.7 Å². The number of nitrogens with zero attached hydrogens (tertiary/aromatic N) is 2. The molecular weight excluding hydrogens is 382 g/mol. The summed E-state index contributed by atoms with van der Waals surface area (Å²) in [7, 11) is 1.78. The van der Waals surface area contributed by atoms with Crippen molar-refractivity contribution in [2.75, 3.05) is 46.5 Å². The number of piperidine rings is 1. The number of benzene rings is 1. The van der Waals surface area contributed by atoms with Crippen molar-refractivity contribution < 1.29 is 19.0 Å². The van der Waals surface area contributed by atoms with Crippen LogP contribution in [0.25, 0.3) is 0 Å². The Hall–Kier alpha value is -2.15. The van der Waals surface area contributed by atoms with Gasteiger partial charge >= 0.3 is 5.97 Å². The van der Waals surface area contributed by atoms with Crippen LogP contribution in [0.5, 0.6) is 11.5 Å². The molecule has 0 aromatic heterocycles. The Labute approximate surface area is 171 Å². The van der Waals surface area contributed by atoms with E-state index in [0.29, 0.717) is 36.3 Å². The number of carbonyl (C=O) groups excluding carboxylic acids is 1. The summed E-state index contributed by atoms with van der Waals surface area (Å²) >= 11 is 6.30. The molecule has 8 heteroatoms. The lowest BCUT2D eigenvalue weighted by molar-refractivity contribution is -0.149. The minimum atomic E-state index is -0.0828. The molecule has 1 aromatic rings. The van der Waals surface area contributed by atoms with Gasteiger partial charge in [0.25, 0.3) is 0 Å². The molecule has 28 heavy (non-hydrogen) atoms. The molecule has 0 aliphatic carbocycles. The predicted molar refractivity (Wildman–Crippen MR) is 108 cm³/mol. The number of hydrogen-bond acceptors (Lipinski definition) is 5. The Morgan fingerprint density at radius 2 is 2.07 bits per heavy atom. The Morgan fingerprint density at radius 3 is 2.79 bits per heavy atom. The molecule has 1 fully saturated rings. The minimum absolute atomic E-state index is 0.00541. The molecule has 154 valence electrons. The van der Waals surface area contributed by atoms with E-state index in [2.05, 4.69) is 15.2 Å². The SMILES string of the molecule is CCOC(=O)C1CCN(C(=NC)NCCc2cc(Cl)c3c(c2)OCCO3)CC1. The Balaban J connectivity index is 1.49. The number of ether oxygens (including phenoxy) is 3. The largest absolute Gasteiger partial charge is 0.486 e. The van der Waals surface area contributed by atoms with Crippen LogP contribution >= 0.6 is 11.6 Å². The number of fused-ring (bicyclic) bond motifs is 1. The van der Waals surface area contributed by atoms with Gasteiger partial charge in [-0.15, -0.1) is 0 Å². The number of esters is 1. The van der Waals surface area contributed by atoms with Gasteiger partial charge in [-0.3, -0.25) is 9.79 Å². The van der Waals surface area contributed by atoms with Gasteiger partial charge in [-0.25, -0.2) is 0 Å². The molecule has 0 unspecified atom stereocenters. The molecule has 3 rings (SSSR count). The molecule has 0 amide bonds. The standard InChI is InChI=1S/C20H28ClN3O4/c1-3-26-19(25)15-5-8-24(9-6-15)20(22-2)23-7-4-14-12-16(21)18-17(13-14)27-10-11-28-18/h12-13,15H,3-11H2,1-2H3,(H,22,23). The number of carbonyl (C=O) groups is 1. The fourth-order valence-corrected chi connectivity index (χ4v) is 3.83. The molecule has 2 heterocycles. The zero-order chi connectivity index (χ0) is 19.9. The predicted octanol–water partition coefficient (Wildman–Crippen LogP) is 2.50. The molecule has 0 bridgehead atoms. The van der Waals surface area contributed by atoms with E-state index in [1.165, 1.54) is 0 Å². The summed E-state index contributed by atoms with van der Waals surface area (Å²) in [6, 6.07) is 3.90. The summed E-state index contributed by atoms with van der Waals surface area (Å²) < 4.78 is 16.3. The number of halogens is 1. The quantitative estimate of drug-likeness (QED) is 0.457. The van der Waals surface area contributed by atoms with Gasteiger partial charge in [0.15, 0.2) is 17.5 Å². The molecule has 2 aliphatic rings. The van der Waals surface area contributed by atoms with E-state index in [1.807, 2.05) is 19.1 Å². The maximum absolute atomic E-state index is 11.9. The summed E-state index contributed by atoms with van der Waals surface area (Å²) in [6.45, 7) is 5.65. The van der Waals surface area contributed by atoms with E-state index in [4.69, 9.17) is 25.8 Å². The molecular formula is C20H28ClN3O4. The van der Waals surface area contributed by atoms with E-state index in [9.17, 15) is 4.79 Å². The number of guanidine groups is 1. The Kier molecular flexibility index (Phi) is 7.25. The maximum atomic E-state index is 11.9. The van der Waals surface area contributed by atoms with E-state index in [1.54, 1.807) is 7.05 Å². The lowest BCUT2D eigenvalue weighted by atomic mass is 9.97. The zero-order valence-corrected chi connectivity index (χ0v) is 17.3. The van der Waals surface area contributed by atoms with Crippen LogP contribution in [0.2, 0.25) is 5.02 Å². The highest BCUT2D eigenvalue weighted by molar-refractivity contribution is 6.32. The van der Waals surface area contributed by atoms with Crippen LogP contribution in [-0.2, 0) is 16.0 Å². The van der Waals surface area contributed by atoms with Crippen LogP contribution in [-0.4, -0.2) is 63.3 Å². The topological polar surface area (TPSA) is 72.4 Å². The highest BCUT2D eigenvalue weighted by Gasteiger charge is 2.27. The average Bonchev–Trinajstić information content (AvgIpc) is 2.72. The van der Waals surface area contributed by atoms with Gasteiger partial charge in [0.05, 0.1) is 17.5 Å². The van der Waals surface area contributed by atoms with E-state index in [0.717, 1.165) is 50.4 Å². The lowest BCUT2D eigenvalue weighted by Gasteiger charge is -2.33. The van der Waals surface area contributed by atoms with E-state index >= 15 is 0 Å². The number of rotatable bonds is 5. The van der Waals surface area contributed by atoms with Crippen LogP contribution in [0, 0.1) is 5.92 Å². The van der Waals surface area contributed by atoms with Crippen LogP contribution in [0.4, 0.5) is 0 Å². The van der Waals surface area contributed by atoms with Crippen molar-refractivity contribution in [3.63, 3.8) is 0 Å². The number of hydrogen-bond donors (Lipinski definition) is 1. The molecule has 1 N–H and O–H groups in total. The second kappa shape index (κ2) is 9.87. The highest BCUT2D eigenvalue weighted by atomic mass is 35.5. The first kappa shape index (κ1) is 20.6. The van der Waals surface area contributed by atoms with Crippen molar-refractivity contribution in [1.82, 2.24) is 10.2 Å². The minimum Gasteiger partial charge on any atom is -0.486 e. The molecule has 1 saturated heterocycles. The van der Waals surface area contributed by atoms with Crippen molar-refractivity contribution in [3.05, 3.63) is 22.7 Å². The second-order valence-electron chi connectivity index (χ2n) is 6.84. The van der Waals surface area contributed by atoms with Gasteiger partial charge in [0.2, 0.25) is 0 Å². The first-order valence-electron chi connectivity index (χ1n) is 9.82. The lowest BCUT2D eigenvalue weighted by Crippen LogP contribution is -2.47. The summed E-state index contributed by atoms with van der Waals surface area (Å²) in [5, 5.41) is 3.98. The number of nitrogens with one attached hydrogen (secondary N) is 1. The Morgan fingerprint density at radius 1 is 1.32 bits per heavy atom. The van der Waals surface area contributed by atoms with Crippen LogP contribution in [0.15, 0.2) is 17.1 Å². The fraction of sp³-hybridized carbons (Fsp3) is 0.600. The van der Waals surface area contributed by atoms with Gasteiger partial charge in [0.1, 0.15) is 13.2 Å². The normalized spacial score (nSPS) is 17.4. The van der Waals surface area contributed by atoms with Crippen LogP contribution in [0.3, 0.4) is 0 Å². The average molecular weight is 410 g/mol. The highest BCUT2D eigenvalue weighted by Crippen LogP contribution is 2.38. The van der Waals surface area contributed by atoms with E-state index in [-0.39, 0.29) is 11.9 Å². The second-order valence-corrected chi connectivity index (χ2v) is 7.25. The summed E-state index contributed by atoms with van der Waals surface area (Å²) in [5.41, 5.74) is 1.08. The van der Waals surface area contributed by atoms with Crippen molar-refractivity contribution in [2.24, 2.45) is 10.9 Å². The van der Waals surface area contributed by atoms with Crippen molar-refractivity contribution in [1.29, 1.82) is 0 Å². The molecule has 0 atom stereocenters. The first-order valence-corrected chi connectivity index (χ1v) is 10.2. The smallest absolute Gasteiger partial charge is 0.309 e. The zero-order valence-electron chi connectivity index (χ0n) is 16.5. The summed E-state index contributed by atoms with van der Waals surface area (Å²) in [5.74, 6) is 2.10. The molecule has 7 nitrogen and oxygen atoms in total. The van der Waals surface area contributed by atoms with Crippen molar-refractivity contribution in [2.45, 2.75) is 26.2 Å². The summed E-state index contributed by atoms with van der Waals surface area (Å²) in [6.07, 6.45) is 2.36. The van der Waals surface area contributed by atoms with Gasteiger partial charge in [-0.05, 0) is 43.9 Å². The fourth-order valence-electron chi connectivity index (χ4n) is 3.55. The van der Waals surface area contributed by atoms with Crippen LogP contribution in [0.1, 0.15) is 25.3 Å². The number of likely N-dealkylation sites (tertiary alicyclic amines) is 1. The van der Waals surface area contributed by atoms with Crippen LogP contribution < -0.4 is 14.8 Å². The van der Waals surface area contributed by atoms with Gasteiger partial charge in [-0.1, -0.05) is 11.6 Å². The monoisotopic (exact) mass is 409 g/mol. The van der Waals surface area contributed by atoms with Crippen molar-refractivity contribution >= 4 is 23.5 Å². The van der Waals surface area contributed by atoms with Crippen molar-refractivity contribution in [3.8, 4) is 11.5 Å². The van der Waals surface area contributed by atoms with Gasteiger partial charge in [-0.2, -0.15) is 0 Å². The van der Waals surface area contributed by atoms with E-state index < -0.39 is 0 Å². The molecule has 0 radical (unpaired) electrons. The molecule has 0 spiro atoms. The molecule has 2 aliphatic heterocycles. The summed E-state index contributed by atoms with van der Waals surface area (Å²) in [4.78, 5) is 18.5. The maximum Gasteiger partial charge on any atom is 0.309 e. The van der Waals surface area contributed by atoms with Gasteiger partial charge < -0.3 is 24.4 Å². The third-order valence-corrected chi connectivity index (χ3v) is 5.26. The first-order chi connectivity index (χ1) is 13.6. The third-order valence-electron chi connectivity index (χ3n) is 4.98. The molecule has 1 aromatic carbocycles. The molecule has 0 saturated carbocycles. The Bertz CT molecular complexity index is 718. The number of aliphatic imine (C=N–C) groups is 1. The third kappa shape index (κ3) is 5.01.